The Balaban J connectivity index is 1.90. The van der Waals surface area contributed by atoms with Crippen LogP contribution >= 0.6 is 11.6 Å². The predicted octanol–water partition coefficient (Wildman–Crippen LogP) is 1.25. The first kappa shape index (κ1) is 17.9. The second-order valence-electron chi connectivity index (χ2n) is 5.28. The Morgan fingerprint density at radius 3 is 2.78 bits per heavy atom. The minimum absolute atomic E-state index is 0.243. The molecule has 0 saturated carbocycles. The number of nitriles is 1. The van der Waals surface area contributed by atoms with Crippen LogP contribution in [0.1, 0.15) is 24.1 Å². The van der Waals surface area contributed by atoms with E-state index in [9.17, 15) is 8.42 Å². The van der Waals surface area contributed by atoms with Gasteiger partial charge in [0.2, 0.25) is 0 Å². The van der Waals surface area contributed by atoms with Gasteiger partial charge in [-0.15, -0.1) is 11.6 Å². The van der Waals surface area contributed by atoms with Crippen LogP contribution in [0, 0.1) is 17.2 Å². The molecule has 0 aliphatic carbocycles. The van der Waals surface area contributed by atoms with E-state index in [-0.39, 0.29) is 11.8 Å². The predicted molar refractivity (Wildman–Crippen MR) is 86.3 cm³/mol. The Morgan fingerprint density at radius 1 is 1.52 bits per heavy atom. The van der Waals surface area contributed by atoms with Crippen molar-refractivity contribution in [1.82, 2.24) is 14.0 Å². The Morgan fingerprint density at radius 2 is 2.22 bits per heavy atom. The highest BCUT2D eigenvalue weighted by Crippen LogP contribution is 2.23. The molecular formula is C14H19ClN4O3S. The molecule has 0 aromatic carbocycles. The summed E-state index contributed by atoms with van der Waals surface area (Å²) in [6, 6.07) is 3.69. The van der Waals surface area contributed by atoms with Crippen molar-refractivity contribution in [1.29, 1.82) is 5.26 Å². The summed E-state index contributed by atoms with van der Waals surface area (Å²) < 4.78 is 32.9. The number of alkyl halides is 1. The van der Waals surface area contributed by atoms with Gasteiger partial charge < -0.3 is 4.74 Å². The first-order valence-electron chi connectivity index (χ1n) is 7.26. The van der Waals surface area contributed by atoms with Gasteiger partial charge in [0.05, 0.1) is 29.9 Å². The molecule has 0 atom stereocenters. The van der Waals surface area contributed by atoms with E-state index >= 15 is 0 Å². The molecule has 1 N–H and O–H groups in total. The molecule has 2 heterocycles. The Hall–Kier alpha value is -1.40. The van der Waals surface area contributed by atoms with Crippen molar-refractivity contribution >= 4 is 21.8 Å². The van der Waals surface area contributed by atoms with Gasteiger partial charge in [0, 0.05) is 20.1 Å². The molecule has 126 valence electrons. The van der Waals surface area contributed by atoms with Crippen LogP contribution in [0.3, 0.4) is 0 Å². The molecule has 7 nitrogen and oxygen atoms in total. The summed E-state index contributed by atoms with van der Waals surface area (Å²) in [5.74, 6) is 0.928. The van der Waals surface area contributed by atoms with E-state index in [0.717, 1.165) is 12.8 Å². The maximum absolute atomic E-state index is 11.7. The van der Waals surface area contributed by atoms with Gasteiger partial charge >= 0.3 is 0 Å². The third-order valence-electron chi connectivity index (χ3n) is 3.83. The molecule has 1 aliphatic heterocycles. The lowest BCUT2D eigenvalue weighted by atomic mass is 9.99. The van der Waals surface area contributed by atoms with Crippen LogP contribution in [0.25, 0.3) is 0 Å². The van der Waals surface area contributed by atoms with Crippen LogP contribution < -0.4 is 9.46 Å². The lowest BCUT2D eigenvalue weighted by molar-refractivity contribution is 0.184. The first-order valence-corrected chi connectivity index (χ1v) is 9.24. The molecule has 0 radical (unpaired) electrons. The second-order valence-corrected chi connectivity index (χ2v) is 7.42. The fraction of sp³-hybridized carbons (Fsp3) is 0.571. The highest BCUT2D eigenvalue weighted by atomic mass is 35.5. The lowest BCUT2D eigenvalue weighted by Crippen LogP contribution is -2.44. The molecule has 1 aromatic rings. The number of halogens is 1. The zero-order chi connectivity index (χ0) is 16.9. The van der Waals surface area contributed by atoms with Crippen molar-refractivity contribution in [3.05, 3.63) is 23.5 Å². The number of ether oxygens (including phenoxy) is 1. The lowest BCUT2D eigenvalue weighted by Gasteiger charge is -2.30. The SMILES string of the molecule is CNS(=O)(=O)N1CCC(COc2cnc(CCl)cc2C#N)CC1. The number of rotatable bonds is 6. The zero-order valence-electron chi connectivity index (χ0n) is 12.8. The molecule has 2 rings (SSSR count). The molecule has 23 heavy (non-hydrogen) atoms. The van der Waals surface area contributed by atoms with E-state index in [1.165, 1.54) is 17.5 Å². The van der Waals surface area contributed by atoms with Crippen LogP contribution in [-0.4, -0.2) is 44.5 Å². The highest BCUT2D eigenvalue weighted by molar-refractivity contribution is 7.87. The highest BCUT2D eigenvalue weighted by Gasteiger charge is 2.27. The molecular weight excluding hydrogens is 340 g/mol. The topological polar surface area (TPSA) is 95.3 Å². The van der Waals surface area contributed by atoms with Gasteiger partial charge in [-0.3, -0.25) is 4.98 Å². The molecule has 0 unspecified atom stereocenters. The molecule has 1 saturated heterocycles. The van der Waals surface area contributed by atoms with Gasteiger partial charge in [0.15, 0.2) is 5.75 Å². The Labute approximate surface area is 141 Å². The molecule has 0 spiro atoms. The summed E-state index contributed by atoms with van der Waals surface area (Å²) in [7, 11) is -1.94. The summed E-state index contributed by atoms with van der Waals surface area (Å²) in [5, 5.41) is 9.15. The van der Waals surface area contributed by atoms with Crippen molar-refractivity contribution in [3.8, 4) is 11.8 Å². The summed E-state index contributed by atoms with van der Waals surface area (Å²) >= 11 is 5.70. The smallest absolute Gasteiger partial charge is 0.279 e. The van der Waals surface area contributed by atoms with E-state index in [4.69, 9.17) is 21.6 Å². The molecule has 0 bridgehead atoms. The van der Waals surface area contributed by atoms with Crippen LogP contribution in [-0.2, 0) is 16.1 Å². The second kappa shape index (κ2) is 7.93. The van der Waals surface area contributed by atoms with Crippen LogP contribution in [0.4, 0.5) is 0 Å². The number of piperidine rings is 1. The van der Waals surface area contributed by atoms with E-state index in [2.05, 4.69) is 15.8 Å². The van der Waals surface area contributed by atoms with Gasteiger partial charge in [0.25, 0.3) is 10.2 Å². The van der Waals surface area contributed by atoms with Crippen molar-refractivity contribution in [2.75, 3.05) is 26.7 Å². The van der Waals surface area contributed by atoms with E-state index < -0.39 is 10.2 Å². The van der Waals surface area contributed by atoms with Gasteiger partial charge in [-0.2, -0.15) is 18.0 Å². The first-order chi connectivity index (χ1) is 11.0. The minimum atomic E-state index is -3.35. The van der Waals surface area contributed by atoms with Crippen LogP contribution in [0.5, 0.6) is 5.75 Å². The summed E-state index contributed by atoms with van der Waals surface area (Å²) in [6.45, 7) is 1.36. The number of aromatic nitrogens is 1. The van der Waals surface area contributed by atoms with Crippen LogP contribution in [0.15, 0.2) is 12.3 Å². The van der Waals surface area contributed by atoms with E-state index in [1.54, 1.807) is 6.07 Å². The van der Waals surface area contributed by atoms with Gasteiger partial charge in [0.1, 0.15) is 6.07 Å². The number of nitrogens with zero attached hydrogens (tertiary/aromatic N) is 3. The summed E-state index contributed by atoms with van der Waals surface area (Å²) in [4.78, 5) is 4.12. The Kier molecular flexibility index (Phi) is 6.18. The molecule has 0 amide bonds. The van der Waals surface area contributed by atoms with E-state index in [0.29, 0.717) is 36.7 Å². The van der Waals surface area contributed by atoms with E-state index in [1.807, 2.05) is 0 Å². The van der Waals surface area contributed by atoms with Crippen molar-refractivity contribution in [3.63, 3.8) is 0 Å². The largest absolute Gasteiger partial charge is 0.490 e. The fourth-order valence-corrected chi connectivity index (χ4v) is 3.51. The molecule has 9 heteroatoms. The Bertz CT molecular complexity index is 682. The van der Waals surface area contributed by atoms with Gasteiger partial charge in [-0.05, 0) is 24.8 Å². The van der Waals surface area contributed by atoms with Crippen LogP contribution in [0.2, 0.25) is 0 Å². The van der Waals surface area contributed by atoms with Crippen molar-refractivity contribution in [2.24, 2.45) is 5.92 Å². The fourth-order valence-electron chi connectivity index (χ4n) is 2.41. The van der Waals surface area contributed by atoms with Gasteiger partial charge in [-0.25, -0.2) is 4.72 Å². The molecule has 1 aliphatic rings. The maximum Gasteiger partial charge on any atom is 0.279 e. The quantitative estimate of drug-likeness (QED) is 0.772. The standard InChI is InChI=1S/C14H19ClN4O3S/c1-17-23(20,21)19-4-2-11(3-5-19)10-22-14-9-18-13(7-15)6-12(14)8-16/h6,9,11,17H,2-5,7,10H2,1H3. The number of nitrogens with one attached hydrogen (secondary N) is 1. The third-order valence-corrected chi connectivity index (χ3v) is 5.66. The van der Waals surface area contributed by atoms with Gasteiger partial charge in [-0.1, -0.05) is 0 Å². The number of hydrogen-bond acceptors (Lipinski definition) is 5. The van der Waals surface area contributed by atoms with Crippen molar-refractivity contribution < 1.29 is 13.2 Å². The number of hydrogen-bond donors (Lipinski definition) is 1. The maximum atomic E-state index is 11.7. The molecule has 1 aromatic heterocycles. The monoisotopic (exact) mass is 358 g/mol. The average molecular weight is 359 g/mol. The summed E-state index contributed by atoms with van der Waals surface area (Å²) in [6.07, 6.45) is 2.95. The normalized spacial score (nSPS) is 16.9. The summed E-state index contributed by atoms with van der Waals surface area (Å²) in [5.41, 5.74) is 1.03. The van der Waals surface area contributed by atoms with Crippen molar-refractivity contribution in [2.45, 2.75) is 18.7 Å². The number of pyridine rings is 1. The zero-order valence-corrected chi connectivity index (χ0v) is 14.4. The molecule has 1 fully saturated rings. The minimum Gasteiger partial charge on any atom is -0.490 e. The average Bonchev–Trinajstić information content (AvgIpc) is 2.60. The third kappa shape index (κ3) is 4.54.